The molecule has 1 aliphatic heterocycles. The van der Waals surface area contributed by atoms with E-state index in [1.807, 2.05) is 23.1 Å². The third kappa shape index (κ3) is 4.93. The molecule has 178 valence electrons. The van der Waals surface area contributed by atoms with Gasteiger partial charge in [-0.1, -0.05) is 18.2 Å². The standard InChI is InChI=1S/C26H24N4O5/c1-18-25(35-19-6-3-2-4-7-19)24(32)21-9-8-20(16-22(21)34-18)33-17-23(31)29-12-14-30(15-13-29)26-27-10-5-11-28-26/h2-11,16H,12-15,17H2,1H3. The number of fused-ring (bicyclic) bond motifs is 1. The third-order valence-electron chi connectivity index (χ3n) is 5.78. The molecule has 0 spiro atoms. The maximum Gasteiger partial charge on any atom is 0.260 e. The smallest absolute Gasteiger partial charge is 0.260 e. The number of anilines is 1. The Morgan fingerprint density at radius 2 is 1.71 bits per heavy atom. The van der Waals surface area contributed by atoms with E-state index in [2.05, 4.69) is 9.97 Å². The van der Waals surface area contributed by atoms with Crippen LogP contribution in [-0.4, -0.2) is 53.6 Å². The van der Waals surface area contributed by atoms with E-state index in [1.54, 1.807) is 60.6 Å². The van der Waals surface area contributed by atoms with Crippen LogP contribution in [0.2, 0.25) is 0 Å². The van der Waals surface area contributed by atoms with Crippen molar-refractivity contribution in [1.29, 1.82) is 0 Å². The van der Waals surface area contributed by atoms with Crippen LogP contribution in [0.4, 0.5) is 5.95 Å². The van der Waals surface area contributed by atoms with Gasteiger partial charge in [-0.3, -0.25) is 9.59 Å². The molecule has 35 heavy (non-hydrogen) atoms. The molecule has 9 heteroatoms. The summed E-state index contributed by atoms with van der Waals surface area (Å²) in [5.74, 6) is 2.07. The number of piperazine rings is 1. The van der Waals surface area contributed by atoms with Crippen LogP contribution in [0.25, 0.3) is 11.0 Å². The van der Waals surface area contributed by atoms with Crippen LogP contribution in [0.3, 0.4) is 0 Å². The van der Waals surface area contributed by atoms with E-state index in [4.69, 9.17) is 13.9 Å². The number of hydrogen-bond acceptors (Lipinski definition) is 8. The molecule has 1 aliphatic rings. The zero-order valence-electron chi connectivity index (χ0n) is 19.2. The Hall–Kier alpha value is -4.40. The van der Waals surface area contributed by atoms with Crippen LogP contribution in [0.5, 0.6) is 17.2 Å². The van der Waals surface area contributed by atoms with Crippen LogP contribution >= 0.6 is 0 Å². The Balaban J connectivity index is 1.22. The average Bonchev–Trinajstić information content (AvgIpc) is 2.90. The summed E-state index contributed by atoms with van der Waals surface area (Å²) in [7, 11) is 0. The number of ether oxygens (including phenoxy) is 2. The van der Waals surface area contributed by atoms with E-state index in [0.717, 1.165) is 0 Å². The van der Waals surface area contributed by atoms with Crippen molar-refractivity contribution in [3.05, 3.63) is 83.0 Å². The van der Waals surface area contributed by atoms with E-state index >= 15 is 0 Å². The molecule has 4 aromatic rings. The number of rotatable bonds is 6. The van der Waals surface area contributed by atoms with E-state index < -0.39 is 0 Å². The van der Waals surface area contributed by atoms with Gasteiger partial charge in [0.1, 0.15) is 22.8 Å². The summed E-state index contributed by atoms with van der Waals surface area (Å²) in [6, 6.07) is 15.7. The molecule has 9 nitrogen and oxygen atoms in total. The summed E-state index contributed by atoms with van der Waals surface area (Å²) in [6.07, 6.45) is 3.41. The monoisotopic (exact) mass is 472 g/mol. The molecule has 1 fully saturated rings. The zero-order valence-corrected chi connectivity index (χ0v) is 19.2. The molecule has 0 aliphatic carbocycles. The molecule has 1 saturated heterocycles. The Bertz CT molecular complexity index is 1380. The zero-order chi connectivity index (χ0) is 24.2. The average molecular weight is 473 g/mol. The highest BCUT2D eigenvalue weighted by atomic mass is 16.5. The number of nitrogens with zero attached hydrogens (tertiary/aromatic N) is 4. The van der Waals surface area contributed by atoms with Crippen LogP contribution in [0.15, 0.2) is 76.2 Å². The van der Waals surface area contributed by atoms with Crippen LogP contribution in [-0.2, 0) is 4.79 Å². The van der Waals surface area contributed by atoms with Crippen LogP contribution < -0.4 is 19.8 Å². The highest BCUT2D eigenvalue weighted by Crippen LogP contribution is 2.27. The molecule has 0 N–H and O–H groups in total. The maximum absolute atomic E-state index is 13.0. The minimum absolute atomic E-state index is 0.105. The predicted molar refractivity (Wildman–Crippen MR) is 130 cm³/mol. The molecule has 0 saturated carbocycles. The van der Waals surface area contributed by atoms with Gasteiger partial charge in [-0.15, -0.1) is 0 Å². The van der Waals surface area contributed by atoms with Gasteiger partial charge in [0.2, 0.25) is 17.1 Å². The van der Waals surface area contributed by atoms with Crippen molar-refractivity contribution >= 4 is 22.8 Å². The molecular formula is C26H24N4O5. The molecule has 0 radical (unpaired) electrons. The Labute approximate surface area is 201 Å². The first-order valence-corrected chi connectivity index (χ1v) is 11.3. The first-order chi connectivity index (χ1) is 17.1. The van der Waals surface area contributed by atoms with Crippen molar-refractivity contribution in [1.82, 2.24) is 14.9 Å². The molecule has 3 heterocycles. The Morgan fingerprint density at radius 3 is 2.46 bits per heavy atom. The van der Waals surface area contributed by atoms with Crippen molar-refractivity contribution in [2.45, 2.75) is 6.92 Å². The van der Waals surface area contributed by atoms with E-state index in [1.165, 1.54) is 0 Å². The predicted octanol–water partition coefficient (Wildman–Crippen LogP) is 3.41. The van der Waals surface area contributed by atoms with Gasteiger partial charge in [0.25, 0.3) is 5.91 Å². The minimum Gasteiger partial charge on any atom is -0.484 e. The Kier molecular flexibility index (Phi) is 6.30. The second-order valence-electron chi connectivity index (χ2n) is 8.09. The fraction of sp³-hybridized carbons (Fsp3) is 0.231. The fourth-order valence-corrected chi connectivity index (χ4v) is 3.93. The highest BCUT2D eigenvalue weighted by molar-refractivity contribution is 5.80. The van der Waals surface area contributed by atoms with Gasteiger partial charge in [-0.2, -0.15) is 0 Å². The summed E-state index contributed by atoms with van der Waals surface area (Å²) in [4.78, 5) is 38.0. The number of amides is 1. The fourth-order valence-electron chi connectivity index (χ4n) is 3.93. The summed E-state index contributed by atoms with van der Waals surface area (Å²) in [5, 5.41) is 0.375. The number of hydrogen-bond donors (Lipinski definition) is 0. The lowest BCUT2D eigenvalue weighted by Crippen LogP contribution is -2.50. The van der Waals surface area contributed by atoms with Crippen molar-refractivity contribution in [3.8, 4) is 17.2 Å². The van der Waals surface area contributed by atoms with Crippen LogP contribution in [0.1, 0.15) is 5.76 Å². The topological polar surface area (TPSA) is 98.0 Å². The first kappa shape index (κ1) is 22.4. The van der Waals surface area contributed by atoms with Gasteiger partial charge in [0.05, 0.1) is 5.39 Å². The third-order valence-corrected chi connectivity index (χ3v) is 5.78. The summed E-state index contributed by atoms with van der Waals surface area (Å²) in [6.45, 7) is 4.02. The van der Waals surface area contributed by atoms with Gasteiger partial charge in [0.15, 0.2) is 6.61 Å². The molecule has 5 rings (SSSR count). The largest absolute Gasteiger partial charge is 0.484 e. The minimum atomic E-state index is -0.268. The first-order valence-electron chi connectivity index (χ1n) is 11.3. The number of para-hydroxylation sites is 1. The normalized spacial score (nSPS) is 13.6. The quantitative estimate of drug-likeness (QED) is 0.421. The SMILES string of the molecule is Cc1oc2cc(OCC(=O)N3CCN(c4ncccn4)CC3)ccc2c(=O)c1Oc1ccccc1. The van der Waals surface area contributed by atoms with Crippen molar-refractivity contribution in [2.75, 3.05) is 37.7 Å². The van der Waals surface area contributed by atoms with Gasteiger partial charge in [-0.05, 0) is 37.3 Å². The molecular weight excluding hydrogens is 448 g/mol. The van der Waals surface area contributed by atoms with Gasteiger partial charge < -0.3 is 23.7 Å². The van der Waals surface area contributed by atoms with Gasteiger partial charge >= 0.3 is 0 Å². The second kappa shape index (κ2) is 9.84. The lowest BCUT2D eigenvalue weighted by atomic mass is 10.2. The van der Waals surface area contributed by atoms with Crippen molar-refractivity contribution in [2.24, 2.45) is 0 Å². The number of carbonyl (C=O) groups is 1. The van der Waals surface area contributed by atoms with Crippen molar-refractivity contribution < 1.29 is 18.7 Å². The van der Waals surface area contributed by atoms with Crippen LogP contribution in [0, 0.1) is 6.92 Å². The lowest BCUT2D eigenvalue weighted by Gasteiger charge is -2.34. The summed E-state index contributed by atoms with van der Waals surface area (Å²) in [5.41, 5.74) is 0.102. The molecule has 2 aromatic carbocycles. The lowest BCUT2D eigenvalue weighted by molar-refractivity contribution is -0.133. The van der Waals surface area contributed by atoms with E-state index in [0.29, 0.717) is 60.4 Å². The number of benzene rings is 2. The van der Waals surface area contributed by atoms with Gasteiger partial charge in [0, 0.05) is 44.6 Å². The summed E-state index contributed by atoms with van der Waals surface area (Å²) >= 11 is 0. The van der Waals surface area contributed by atoms with Gasteiger partial charge in [-0.25, -0.2) is 9.97 Å². The highest BCUT2D eigenvalue weighted by Gasteiger charge is 2.23. The molecule has 0 unspecified atom stereocenters. The summed E-state index contributed by atoms with van der Waals surface area (Å²) < 4.78 is 17.3. The van der Waals surface area contributed by atoms with E-state index in [9.17, 15) is 9.59 Å². The second-order valence-corrected chi connectivity index (χ2v) is 8.09. The number of aromatic nitrogens is 2. The van der Waals surface area contributed by atoms with E-state index in [-0.39, 0.29) is 23.7 Å². The molecule has 1 amide bonds. The maximum atomic E-state index is 13.0. The number of carbonyl (C=O) groups excluding carboxylic acids is 1. The number of aryl methyl sites for hydroxylation is 1. The molecule has 0 atom stereocenters. The molecule has 2 aromatic heterocycles. The molecule has 0 bridgehead atoms. The van der Waals surface area contributed by atoms with Crippen molar-refractivity contribution in [3.63, 3.8) is 0 Å². The Morgan fingerprint density at radius 1 is 0.971 bits per heavy atom.